The second kappa shape index (κ2) is 7.41. The average molecular weight is 337 g/mol. The van der Waals surface area contributed by atoms with E-state index in [0.717, 1.165) is 29.8 Å². The molecule has 0 aliphatic heterocycles. The zero-order valence-electron chi connectivity index (χ0n) is 11.4. The molecule has 0 radical (unpaired) electrons. The number of hydrogen-bond acceptors (Lipinski definition) is 2. The quantitative estimate of drug-likeness (QED) is 0.853. The summed E-state index contributed by atoms with van der Waals surface area (Å²) < 4.78 is 14.2. The van der Waals surface area contributed by atoms with Crippen LogP contribution in [-0.4, -0.2) is 25.0 Å². The first-order valence-electron chi connectivity index (χ1n) is 6.56. The molecule has 2 aromatic rings. The highest BCUT2D eigenvalue weighted by Crippen LogP contribution is 2.17. The van der Waals surface area contributed by atoms with Crippen LogP contribution in [0.1, 0.15) is 5.56 Å². The average Bonchev–Trinajstić information content (AvgIpc) is 2.41. The molecule has 0 atom stereocenters. The van der Waals surface area contributed by atoms with Gasteiger partial charge in [0, 0.05) is 29.8 Å². The Kier molecular flexibility index (Phi) is 5.56. The summed E-state index contributed by atoms with van der Waals surface area (Å²) in [6.45, 7) is 2.55. The molecule has 2 nitrogen and oxygen atoms in total. The van der Waals surface area contributed by atoms with Crippen LogP contribution in [0, 0.1) is 5.82 Å². The lowest BCUT2D eigenvalue weighted by Crippen LogP contribution is -2.24. The number of likely N-dealkylation sites (N-methyl/N-ethyl adjacent to an activating group) is 1. The SMILES string of the molecule is CN(CCNc1cccc(F)c1)Cc1ccccc1Br. The number of hydrogen-bond donors (Lipinski definition) is 1. The minimum atomic E-state index is -0.212. The Morgan fingerprint density at radius 1 is 1.15 bits per heavy atom. The molecule has 0 saturated heterocycles. The summed E-state index contributed by atoms with van der Waals surface area (Å²) in [6.07, 6.45) is 0. The van der Waals surface area contributed by atoms with Crippen molar-refractivity contribution in [1.82, 2.24) is 4.90 Å². The Balaban J connectivity index is 1.78. The maximum Gasteiger partial charge on any atom is 0.125 e. The highest BCUT2D eigenvalue weighted by atomic mass is 79.9. The van der Waals surface area contributed by atoms with Gasteiger partial charge in [0.2, 0.25) is 0 Å². The summed E-state index contributed by atoms with van der Waals surface area (Å²) in [5.41, 5.74) is 2.08. The van der Waals surface area contributed by atoms with Crippen molar-refractivity contribution in [2.75, 3.05) is 25.5 Å². The minimum Gasteiger partial charge on any atom is -0.384 e. The molecule has 0 unspecified atom stereocenters. The third-order valence-corrected chi connectivity index (χ3v) is 3.82. The standard InChI is InChI=1S/C16H18BrFN2/c1-20(12-13-5-2-3-8-16(13)17)10-9-19-15-7-4-6-14(18)11-15/h2-8,11,19H,9-10,12H2,1H3. The monoisotopic (exact) mass is 336 g/mol. The summed E-state index contributed by atoms with van der Waals surface area (Å²) in [4.78, 5) is 2.23. The van der Waals surface area contributed by atoms with Crippen molar-refractivity contribution in [3.63, 3.8) is 0 Å². The number of benzene rings is 2. The highest BCUT2D eigenvalue weighted by Gasteiger charge is 2.03. The van der Waals surface area contributed by atoms with E-state index in [1.807, 2.05) is 24.3 Å². The van der Waals surface area contributed by atoms with Crippen LogP contribution in [0.3, 0.4) is 0 Å². The molecule has 2 aromatic carbocycles. The van der Waals surface area contributed by atoms with Gasteiger partial charge >= 0.3 is 0 Å². The molecule has 1 N–H and O–H groups in total. The largest absolute Gasteiger partial charge is 0.384 e. The first-order chi connectivity index (χ1) is 9.65. The molecule has 20 heavy (non-hydrogen) atoms. The molecular formula is C16H18BrFN2. The van der Waals surface area contributed by atoms with Gasteiger partial charge in [-0.3, -0.25) is 0 Å². The Bertz CT molecular complexity index is 560. The summed E-state index contributed by atoms with van der Waals surface area (Å²) >= 11 is 3.55. The van der Waals surface area contributed by atoms with Gasteiger partial charge in [0.05, 0.1) is 0 Å². The summed E-state index contributed by atoms with van der Waals surface area (Å²) in [5.74, 6) is -0.212. The van der Waals surface area contributed by atoms with Crippen LogP contribution < -0.4 is 5.32 Å². The number of nitrogens with one attached hydrogen (secondary N) is 1. The Labute approximate surface area is 127 Å². The zero-order valence-corrected chi connectivity index (χ0v) is 13.0. The third-order valence-electron chi connectivity index (χ3n) is 3.05. The van der Waals surface area contributed by atoms with Gasteiger partial charge in [-0.05, 0) is 36.9 Å². The molecule has 0 bridgehead atoms. The van der Waals surface area contributed by atoms with E-state index >= 15 is 0 Å². The van der Waals surface area contributed by atoms with Crippen molar-refractivity contribution in [3.8, 4) is 0 Å². The first-order valence-corrected chi connectivity index (χ1v) is 7.36. The van der Waals surface area contributed by atoms with Crippen LogP contribution in [-0.2, 0) is 6.54 Å². The van der Waals surface area contributed by atoms with Crippen LogP contribution in [0.5, 0.6) is 0 Å². The Morgan fingerprint density at radius 2 is 1.95 bits per heavy atom. The fourth-order valence-corrected chi connectivity index (χ4v) is 2.40. The smallest absolute Gasteiger partial charge is 0.125 e. The lowest BCUT2D eigenvalue weighted by Gasteiger charge is -2.18. The zero-order chi connectivity index (χ0) is 14.4. The molecule has 0 spiro atoms. The topological polar surface area (TPSA) is 15.3 Å². The predicted octanol–water partition coefficient (Wildman–Crippen LogP) is 4.13. The fraction of sp³-hybridized carbons (Fsp3) is 0.250. The van der Waals surface area contributed by atoms with Crippen molar-refractivity contribution in [2.45, 2.75) is 6.54 Å². The number of halogens is 2. The van der Waals surface area contributed by atoms with E-state index in [-0.39, 0.29) is 5.82 Å². The van der Waals surface area contributed by atoms with E-state index in [9.17, 15) is 4.39 Å². The third kappa shape index (κ3) is 4.62. The van der Waals surface area contributed by atoms with E-state index in [1.165, 1.54) is 17.7 Å². The van der Waals surface area contributed by atoms with Crippen molar-refractivity contribution >= 4 is 21.6 Å². The second-order valence-electron chi connectivity index (χ2n) is 4.77. The minimum absolute atomic E-state index is 0.212. The number of rotatable bonds is 6. The van der Waals surface area contributed by atoms with Gasteiger partial charge < -0.3 is 10.2 Å². The van der Waals surface area contributed by atoms with Crippen molar-refractivity contribution in [3.05, 3.63) is 64.4 Å². The second-order valence-corrected chi connectivity index (χ2v) is 5.62. The molecule has 0 amide bonds. The fourth-order valence-electron chi connectivity index (χ4n) is 1.99. The molecule has 0 aliphatic carbocycles. The molecule has 0 aliphatic rings. The van der Waals surface area contributed by atoms with Crippen molar-refractivity contribution in [2.24, 2.45) is 0 Å². The van der Waals surface area contributed by atoms with E-state index in [1.54, 1.807) is 6.07 Å². The van der Waals surface area contributed by atoms with Crippen LogP contribution in [0.2, 0.25) is 0 Å². The van der Waals surface area contributed by atoms with Gasteiger partial charge in [-0.1, -0.05) is 40.2 Å². The van der Waals surface area contributed by atoms with E-state index < -0.39 is 0 Å². The molecular weight excluding hydrogens is 319 g/mol. The summed E-state index contributed by atoms with van der Waals surface area (Å²) in [6, 6.07) is 14.8. The maximum atomic E-state index is 13.0. The molecule has 0 fully saturated rings. The normalized spacial score (nSPS) is 10.8. The molecule has 106 valence electrons. The van der Waals surface area contributed by atoms with Crippen LogP contribution in [0.15, 0.2) is 53.0 Å². The van der Waals surface area contributed by atoms with Gasteiger partial charge in [-0.25, -0.2) is 4.39 Å². The van der Waals surface area contributed by atoms with Crippen LogP contribution in [0.25, 0.3) is 0 Å². The van der Waals surface area contributed by atoms with Crippen molar-refractivity contribution in [1.29, 1.82) is 0 Å². The molecule has 0 saturated carbocycles. The highest BCUT2D eigenvalue weighted by molar-refractivity contribution is 9.10. The molecule has 0 heterocycles. The van der Waals surface area contributed by atoms with Gasteiger partial charge in [-0.2, -0.15) is 0 Å². The van der Waals surface area contributed by atoms with E-state index in [0.29, 0.717) is 0 Å². The molecule has 4 heteroatoms. The first kappa shape index (κ1) is 15.0. The molecule has 0 aromatic heterocycles. The van der Waals surface area contributed by atoms with Gasteiger partial charge in [-0.15, -0.1) is 0 Å². The van der Waals surface area contributed by atoms with Gasteiger partial charge in [0.15, 0.2) is 0 Å². The summed E-state index contributed by atoms with van der Waals surface area (Å²) in [5, 5.41) is 3.22. The maximum absolute atomic E-state index is 13.0. The molecule has 2 rings (SSSR count). The van der Waals surface area contributed by atoms with Crippen LogP contribution >= 0.6 is 15.9 Å². The number of nitrogens with zero attached hydrogens (tertiary/aromatic N) is 1. The van der Waals surface area contributed by atoms with Crippen LogP contribution in [0.4, 0.5) is 10.1 Å². The van der Waals surface area contributed by atoms with Gasteiger partial charge in [0.25, 0.3) is 0 Å². The predicted molar refractivity (Wildman–Crippen MR) is 85.4 cm³/mol. The Morgan fingerprint density at radius 3 is 2.70 bits per heavy atom. The van der Waals surface area contributed by atoms with E-state index in [4.69, 9.17) is 0 Å². The lowest BCUT2D eigenvalue weighted by atomic mass is 10.2. The number of anilines is 1. The van der Waals surface area contributed by atoms with Gasteiger partial charge in [0.1, 0.15) is 5.82 Å². The summed E-state index contributed by atoms with van der Waals surface area (Å²) in [7, 11) is 2.08. The van der Waals surface area contributed by atoms with Crippen molar-refractivity contribution < 1.29 is 4.39 Å². The Hall–Kier alpha value is -1.39. The lowest BCUT2D eigenvalue weighted by molar-refractivity contribution is 0.339. The van der Waals surface area contributed by atoms with E-state index in [2.05, 4.69) is 39.3 Å².